The molecular weight excluding hydrogens is 336 g/mol. The number of hydrogen-bond acceptors (Lipinski definition) is 4. The van der Waals surface area contributed by atoms with Crippen LogP contribution in [0.25, 0.3) is 0 Å². The van der Waals surface area contributed by atoms with Crippen LogP contribution in [0.15, 0.2) is 15.9 Å². The molecule has 0 unspecified atom stereocenters. The Morgan fingerprint density at radius 2 is 2.25 bits per heavy atom. The van der Waals surface area contributed by atoms with E-state index in [1.165, 1.54) is 16.3 Å². The molecule has 6 heteroatoms. The summed E-state index contributed by atoms with van der Waals surface area (Å²) in [6.07, 6.45) is 0. The van der Waals surface area contributed by atoms with Crippen molar-refractivity contribution in [3.63, 3.8) is 0 Å². The fourth-order valence-corrected chi connectivity index (χ4v) is 3.87. The lowest BCUT2D eigenvalue weighted by molar-refractivity contribution is 0.710. The van der Waals surface area contributed by atoms with Gasteiger partial charge in [-0.3, -0.25) is 4.68 Å². The van der Waals surface area contributed by atoms with Gasteiger partial charge in [-0.2, -0.15) is 5.10 Å². The molecule has 0 radical (unpaired) electrons. The van der Waals surface area contributed by atoms with Gasteiger partial charge in [-0.05, 0) is 35.5 Å². The van der Waals surface area contributed by atoms with Crippen molar-refractivity contribution >= 4 is 33.1 Å². The van der Waals surface area contributed by atoms with Crippen LogP contribution in [-0.2, 0) is 20.1 Å². The van der Waals surface area contributed by atoms with E-state index in [9.17, 15) is 0 Å². The SMILES string of the molecule is CCNCc1c(C)nn(C)c1N(C)Cc1cc(Br)cs1. The number of halogens is 1. The van der Waals surface area contributed by atoms with E-state index in [1.807, 2.05) is 11.7 Å². The van der Waals surface area contributed by atoms with Crippen molar-refractivity contribution < 1.29 is 0 Å². The summed E-state index contributed by atoms with van der Waals surface area (Å²) in [6, 6.07) is 2.17. The molecular formula is C14H21BrN4S. The molecule has 0 aliphatic heterocycles. The minimum Gasteiger partial charge on any atom is -0.354 e. The van der Waals surface area contributed by atoms with Gasteiger partial charge in [0.2, 0.25) is 0 Å². The summed E-state index contributed by atoms with van der Waals surface area (Å²) in [4.78, 5) is 3.61. The zero-order chi connectivity index (χ0) is 14.7. The van der Waals surface area contributed by atoms with Gasteiger partial charge in [-0.15, -0.1) is 11.3 Å². The molecule has 0 saturated heterocycles. The summed E-state index contributed by atoms with van der Waals surface area (Å²) in [7, 11) is 4.14. The van der Waals surface area contributed by atoms with Crippen LogP contribution in [0.3, 0.4) is 0 Å². The third kappa shape index (κ3) is 3.42. The van der Waals surface area contributed by atoms with Crippen molar-refractivity contribution in [2.24, 2.45) is 7.05 Å². The summed E-state index contributed by atoms with van der Waals surface area (Å²) < 4.78 is 3.13. The summed E-state index contributed by atoms with van der Waals surface area (Å²) in [5.41, 5.74) is 2.38. The molecule has 0 amide bonds. The van der Waals surface area contributed by atoms with Gasteiger partial charge in [-0.25, -0.2) is 0 Å². The van der Waals surface area contributed by atoms with Crippen LogP contribution in [0.2, 0.25) is 0 Å². The fourth-order valence-electron chi connectivity index (χ4n) is 2.37. The zero-order valence-electron chi connectivity index (χ0n) is 12.4. The highest BCUT2D eigenvalue weighted by Gasteiger charge is 2.17. The molecule has 2 aromatic heterocycles. The standard InChI is InChI=1S/C14H21BrN4S/c1-5-16-7-13-10(2)17-19(4)14(13)18(3)8-12-6-11(15)9-20-12/h6,9,16H,5,7-8H2,1-4H3. The first-order valence-electron chi connectivity index (χ1n) is 6.70. The Labute approximate surface area is 132 Å². The Morgan fingerprint density at radius 1 is 1.50 bits per heavy atom. The lowest BCUT2D eigenvalue weighted by atomic mass is 10.2. The molecule has 0 aliphatic carbocycles. The molecule has 0 fully saturated rings. The van der Waals surface area contributed by atoms with Crippen LogP contribution in [0, 0.1) is 6.92 Å². The second kappa shape index (κ2) is 6.74. The normalized spacial score (nSPS) is 11.1. The van der Waals surface area contributed by atoms with E-state index in [2.05, 4.69) is 63.6 Å². The molecule has 0 bridgehead atoms. The van der Waals surface area contributed by atoms with Crippen molar-refractivity contribution in [3.05, 3.63) is 32.1 Å². The average Bonchev–Trinajstić information content (AvgIpc) is 2.90. The molecule has 2 heterocycles. The Kier molecular flexibility index (Phi) is 5.23. The highest BCUT2D eigenvalue weighted by molar-refractivity contribution is 9.10. The van der Waals surface area contributed by atoms with E-state index in [0.29, 0.717) is 0 Å². The van der Waals surface area contributed by atoms with Crippen molar-refractivity contribution in [2.75, 3.05) is 18.5 Å². The molecule has 0 spiro atoms. The molecule has 0 saturated carbocycles. The quantitative estimate of drug-likeness (QED) is 0.861. The third-order valence-corrected chi connectivity index (χ3v) is 4.92. The van der Waals surface area contributed by atoms with Gasteiger partial charge in [-0.1, -0.05) is 6.92 Å². The molecule has 0 atom stereocenters. The van der Waals surface area contributed by atoms with Crippen LogP contribution in [0.4, 0.5) is 5.82 Å². The maximum Gasteiger partial charge on any atom is 0.131 e. The summed E-state index contributed by atoms with van der Waals surface area (Å²) in [6.45, 7) is 6.93. The van der Waals surface area contributed by atoms with Gasteiger partial charge in [0.15, 0.2) is 0 Å². The van der Waals surface area contributed by atoms with Crippen LogP contribution in [-0.4, -0.2) is 23.4 Å². The largest absolute Gasteiger partial charge is 0.354 e. The molecule has 110 valence electrons. The van der Waals surface area contributed by atoms with E-state index in [4.69, 9.17) is 0 Å². The third-order valence-electron chi connectivity index (χ3n) is 3.24. The van der Waals surface area contributed by atoms with Gasteiger partial charge in [0.1, 0.15) is 5.82 Å². The number of aryl methyl sites for hydroxylation is 2. The number of rotatable bonds is 6. The van der Waals surface area contributed by atoms with Crippen LogP contribution < -0.4 is 10.2 Å². The molecule has 4 nitrogen and oxygen atoms in total. The lowest BCUT2D eigenvalue weighted by Gasteiger charge is -2.20. The maximum atomic E-state index is 4.56. The summed E-state index contributed by atoms with van der Waals surface area (Å²) in [5.74, 6) is 1.19. The highest BCUT2D eigenvalue weighted by Crippen LogP contribution is 2.26. The monoisotopic (exact) mass is 356 g/mol. The van der Waals surface area contributed by atoms with Crippen molar-refractivity contribution in [3.8, 4) is 0 Å². The number of hydrogen-bond donors (Lipinski definition) is 1. The van der Waals surface area contributed by atoms with Crippen molar-refractivity contribution in [2.45, 2.75) is 26.9 Å². The predicted octanol–water partition coefficient (Wildman–Crippen LogP) is 3.30. The average molecular weight is 357 g/mol. The van der Waals surface area contributed by atoms with Crippen molar-refractivity contribution in [1.29, 1.82) is 0 Å². The summed E-state index contributed by atoms with van der Waals surface area (Å²) in [5, 5.41) is 10.1. The predicted molar refractivity (Wildman–Crippen MR) is 89.5 cm³/mol. The van der Waals surface area contributed by atoms with E-state index in [1.54, 1.807) is 11.3 Å². The molecule has 2 rings (SSSR count). The van der Waals surface area contributed by atoms with Crippen LogP contribution in [0.1, 0.15) is 23.1 Å². The first kappa shape index (κ1) is 15.5. The lowest BCUT2D eigenvalue weighted by Crippen LogP contribution is -2.22. The maximum absolute atomic E-state index is 4.56. The molecule has 1 N–H and O–H groups in total. The Morgan fingerprint density at radius 3 is 2.85 bits per heavy atom. The topological polar surface area (TPSA) is 33.1 Å². The molecule has 0 aliphatic rings. The minimum atomic E-state index is 0.865. The van der Waals surface area contributed by atoms with Gasteiger partial charge >= 0.3 is 0 Å². The van der Waals surface area contributed by atoms with E-state index < -0.39 is 0 Å². The number of nitrogens with zero attached hydrogens (tertiary/aromatic N) is 3. The highest BCUT2D eigenvalue weighted by atomic mass is 79.9. The number of aromatic nitrogens is 2. The van der Waals surface area contributed by atoms with E-state index in [-0.39, 0.29) is 0 Å². The number of anilines is 1. The second-order valence-corrected chi connectivity index (χ2v) is 6.79. The zero-order valence-corrected chi connectivity index (χ0v) is 14.8. The minimum absolute atomic E-state index is 0.865. The Balaban J connectivity index is 2.21. The van der Waals surface area contributed by atoms with Crippen LogP contribution in [0.5, 0.6) is 0 Å². The molecule has 2 aromatic rings. The number of nitrogens with one attached hydrogen (secondary N) is 1. The first-order chi connectivity index (χ1) is 9.52. The van der Waals surface area contributed by atoms with Gasteiger partial charge < -0.3 is 10.2 Å². The van der Waals surface area contributed by atoms with Gasteiger partial charge in [0.05, 0.1) is 12.2 Å². The first-order valence-corrected chi connectivity index (χ1v) is 8.37. The van der Waals surface area contributed by atoms with E-state index >= 15 is 0 Å². The van der Waals surface area contributed by atoms with Crippen molar-refractivity contribution in [1.82, 2.24) is 15.1 Å². The Bertz CT molecular complexity index is 576. The Hall–Kier alpha value is -0.850. The van der Waals surface area contributed by atoms with Gasteiger partial charge in [0, 0.05) is 40.9 Å². The van der Waals surface area contributed by atoms with Crippen LogP contribution >= 0.6 is 27.3 Å². The smallest absolute Gasteiger partial charge is 0.131 e. The summed E-state index contributed by atoms with van der Waals surface area (Å²) >= 11 is 5.28. The molecule has 20 heavy (non-hydrogen) atoms. The van der Waals surface area contributed by atoms with Gasteiger partial charge in [0.25, 0.3) is 0 Å². The molecule has 0 aromatic carbocycles. The second-order valence-electron chi connectivity index (χ2n) is 4.88. The number of thiophene rings is 1. The van der Waals surface area contributed by atoms with E-state index in [0.717, 1.165) is 29.8 Å². The fraction of sp³-hybridized carbons (Fsp3) is 0.500.